The van der Waals surface area contributed by atoms with Crippen molar-refractivity contribution in [2.45, 2.75) is 32.2 Å². The molecule has 1 saturated carbocycles. The third kappa shape index (κ3) is 2.09. The Kier molecular flexibility index (Phi) is 3.30. The summed E-state index contributed by atoms with van der Waals surface area (Å²) in [4.78, 5) is 46.8. The van der Waals surface area contributed by atoms with Crippen molar-refractivity contribution in [3.63, 3.8) is 0 Å². The van der Waals surface area contributed by atoms with Gasteiger partial charge in [-0.3, -0.25) is 19.3 Å². The molecule has 0 aromatic rings. The Bertz CT molecular complexity index is 459. The van der Waals surface area contributed by atoms with Gasteiger partial charge in [0.1, 0.15) is 6.04 Å². The summed E-state index contributed by atoms with van der Waals surface area (Å²) in [5.74, 6) is -5.09. The van der Waals surface area contributed by atoms with Crippen molar-refractivity contribution in [2.24, 2.45) is 17.8 Å². The van der Waals surface area contributed by atoms with Crippen LogP contribution in [-0.4, -0.2) is 44.9 Å². The van der Waals surface area contributed by atoms with Gasteiger partial charge in [0.05, 0.1) is 17.8 Å². The number of amides is 2. The molecule has 1 aliphatic carbocycles. The summed E-state index contributed by atoms with van der Waals surface area (Å²) in [7, 11) is 0. The Hall–Kier alpha value is -1.92. The highest BCUT2D eigenvalue weighted by Crippen LogP contribution is 2.41. The first-order chi connectivity index (χ1) is 8.84. The van der Waals surface area contributed by atoms with Crippen molar-refractivity contribution >= 4 is 23.8 Å². The van der Waals surface area contributed by atoms with Crippen LogP contribution in [0, 0.1) is 17.8 Å². The van der Waals surface area contributed by atoms with E-state index in [0.29, 0.717) is 12.8 Å². The number of nitrogens with zero attached hydrogens (tertiary/aromatic N) is 1. The maximum Gasteiger partial charge on any atom is 0.326 e. The zero-order valence-electron chi connectivity index (χ0n) is 10.4. The van der Waals surface area contributed by atoms with Crippen LogP contribution >= 0.6 is 0 Å². The highest BCUT2D eigenvalue weighted by atomic mass is 16.4. The number of rotatable bonds is 3. The molecule has 7 nitrogen and oxygen atoms in total. The molecule has 2 rings (SSSR count). The maximum absolute atomic E-state index is 12.1. The molecule has 19 heavy (non-hydrogen) atoms. The third-order valence-electron chi connectivity index (χ3n) is 4.05. The Labute approximate surface area is 109 Å². The Balaban J connectivity index is 2.22. The van der Waals surface area contributed by atoms with E-state index in [9.17, 15) is 19.2 Å². The lowest BCUT2D eigenvalue weighted by atomic mass is 9.75. The second kappa shape index (κ2) is 4.64. The van der Waals surface area contributed by atoms with Crippen molar-refractivity contribution in [3.05, 3.63) is 0 Å². The van der Waals surface area contributed by atoms with E-state index in [1.54, 1.807) is 0 Å². The number of carboxylic acids is 2. The maximum atomic E-state index is 12.1. The lowest BCUT2D eigenvalue weighted by molar-refractivity contribution is -0.154. The molecule has 7 heteroatoms. The first-order valence-corrected chi connectivity index (χ1v) is 6.17. The van der Waals surface area contributed by atoms with Gasteiger partial charge in [0, 0.05) is 0 Å². The van der Waals surface area contributed by atoms with E-state index in [4.69, 9.17) is 10.2 Å². The van der Waals surface area contributed by atoms with E-state index < -0.39 is 47.5 Å². The first kappa shape index (κ1) is 13.5. The van der Waals surface area contributed by atoms with Crippen molar-refractivity contribution in [2.75, 3.05) is 0 Å². The normalized spacial score (nSPS) is 32.1. The quantitative estimate of drug-likeness (QED) is 0.694. The van der Waals surface area contributed by atoms with Gasteiger partial charge in [0.15, 0.2) is 0 Å². The fraction of sp³-hybridized carbons (Fsp3) is 0.667. The molecule has 1 heterocycles. The summed E-state index contributed by atoms with van der Waals surface area (Å²) in [5, 5.41) is 17.9. The van der Waals surface area contributed by atoms with Gasteiger partial charge in [0.25, 0.3) is 0 Å². The van der Waals surface area contributed by atoms with Gasteiger partial charge in [-0.25, -0.2) is 4.79 Å². The van der Waals surface area contributed by atoms with Gasteiger partial charge in [-0.15, -0.1) is 0 Å². The van der Waals surface area contributed by atoms with Crippen molar-refractivity contribution in [3.8, 4) is 0 Å². The molecule has 0 spiro atoms. The van der Waals surface area contributed by atoms with Crippen LogP contribution in [0.3, 0.4) is 0 Å². The standard InChI is InChI=1S/C12H15NO6/c1-5(11(16)17)13-9(14)7-3-2-6(12(18)19)4-8(7)10(13)15/h5-8H,2-4H2,1H3,(H,16,17)(H,18,19). The molecule has 1 saturated heterocycles. The topological polar surface area (TPSA) is 112 Å². The monoisotopic (exact) mass is 269 g/mol. The molecule has 0 bridgehead atoms. The molecule has 0 aromatic carbocycles. The molecule has 4 atom stereocenters. The number of hydrogen-bond donors (Lipinski definition) is 2. The summed E-state index contributed by atoms with van der Waals surface area (Å²) in [6.45, 7) is 1.28. The molecule has 4 unspecified atom stereocenters. The van der Waals surface area contributed by atoms with E-state index in [2.05, 4.69) is 0 Å². The van der Waals surface area contributed by atoms with Crippen LogP contribution in [0.25, 0.3) is 0 Å². The predicted molar refractivity (Wildman–Crippen MR) is 60.9 cm³/mol. The van der Waals surface area contributed by atoms with Crippen LogP contribution in [-0.2, 0) is 19.2 Å². The highest BCUT2D eigenvalue weighted by Gasteiger charge is 2.53. The molecule has 2 amide bonds. The second-order valence-electron chi connectivity index (χ2n) is 5.12. The molecule has 104 valence electrons. The van der Waals surface area contributed by atoms with Crippen molar-refractivity contribution in [1.82, 2.24) is 4.90 Å². The third-order valence-corrected chi connectivity index (χ3v) is 4.05. The smallest absolute Gasteiger partial charge is 0.326 e. The van der Waals surface area contributed by atoms with Gasteiger partial charge in [0.2, 0.25) is 11.8 Å². The van der Waals surface area contributed by atoms with E-state index >= 15 is 0 Å². The Morgan fingerprint density at radius 1 is 1.16 bits per heavy atom. The molecular formula is C12H15NO6. The van der Waals surface area contributed by atoms with Crippen LogP contribution in [0.15, 0.2) is 0 Å². The minimum absolute atomic E-state index is 0.118. The van der Waals surface area contributed by atoms with E-state index in [-0.39, 0.29) is 6.42 Å². The fourth-order valence-electron chi connectivity index (χ4n) is 2.92. The Morgan fingerprint density at radius 3 is 2.26 bits per heavy atom. The molecule has 0 radical (unpaired) electrons. The van der Waals surface area contributed by atoms with Crippen molar-refractivity contribution in [1.29, 1.82) is 0 Å². The molecule has 0 aromatic heterocycles. The zero-order chi connectivity index (χ0) is 14.3. The largest absolute Gasteiger partial charge is 0.481 e. The summed E-state index contributed by atoms with van der Waals surface area (Å²) < 4.78 is 0. The van der Waals surface area contributed by atoms with E-state index in [1.165, 1.54) is 6.92 Å². The lowest BCUT2D eigenvalue weighted by Crippen LogP contribution is -2.43. The lowest BCUT2D eigenvalue weighted by Gasteiger charge is -2.25. The number of hydrogen-bond acceptors (Lipinski definition) is 4. The van der Waals surface area contributed by atoms with E-state index in [1.807, 2.05) is 0 Å². The van der Waals surface area contributed by atoms with Gasteiger partial charge in [-0.2, -0.15) is 0 Å². The molecular weight excluding hydrogens is 254 g/mol. The highest BCUT2D eigenvalue weighted by molar-refractivity contribution is 6.07. The summed E-state index contributed by atoms with van der Waals surface area (Å²) in [5.41, 5.74) is 0. The van der Waals surface area contributed by atoms with Gasteiger partial charge in [-0.1, -0.05) is 0 Å². The average Bonchev–Trinajstić information content (AvgIpc) is 2.60. The summed E-state index contributed by atoms with van der Waals surface area (Å²) >= 11 is 0. The minimum Gasteiger partial charge on any atom is -0.481 e. The zero-order valence-corrected chi connectivity index (χ0v) is 10.4. The summed E-state index contributed by atoms with van der Waals surface area (Å²) in [6.07, 6.45) is 0.799. The number of fused-ring (bicyclic) bond motifs is 1. The van der Waals surface area contributed by atoms with Crippen molar-refractivity contribution < 1.29 is 29.4 Å². The number of carbonyl (C=O) groups excluding carboxylic acids is 2. The van der Waals surface area contributed by atoms with Crippen LogP contribution < -0.4 is 0 Å². The number of aliphatic carboxylic acids is 2. The van der Waals surface area contributed by atoms with Gasteiger partial charge < -0.3 is 10.2 Å². The number of imide groups is 1. The molecule has 2 fully saturated rings. The fourth-order valence-corrected chi connectivity index (χ4v) is 2.92. The number of carboxylic acid groups (broad SMARTS) is 2. The minimum atomic E-state index is -1.24. The predicted octanol–water partition coefficient (Wildman–Crippen LogP) is -0.0546. The Morgan fingerprint density at radius 2 is 1.74 bits per heavy atom. The van der Waals surface area contributed by atoms with Crippen LogP contribution in [0.5, 0.6) is 0 Å². The molecule has 1 aliphatic heterocycles. The second-order valence-corrected chi connectivity index (χ2v) is 5.12. The number of likely N-dealkylation sites (tertiary alicyclic amines) is 1. The van der Waals surface area contributed by atoms with E-state index in [0.717, 1.165) is 4.90 Å². The SMILES string of the molecule is CC(C(=O)O)N1C(=O)C2CCC(C(=O)O)CC2C1=O. The van der Waals surface area contributed by atoms with Crippen LogP contribution in [0.2, 0.25) is 0 Å². The van der Waals surface area contributed by atoms with Crippen LogP contribution in [0.4, 0.5) is 0 Å². The average molecular weight is 269 g/mol. The van der Waals surface area contributed by atoms with Gasteiger partial charge >= 0.3 is 11.9 Å². The van der Waals surface area contributed by atoms with Gasteiger partial charge in [-0.05, 0) is 26.2 Å². The molecule has 2 N–H and O–H groups in total. The summed E-state index contributed by atoms with van der Waals surface area (Å²) in [6, 6.07) is -1.20. The number of carbonyl (C=O) groups is 4. The molecule has 2 aliphatic rings. The van der Waals surface area contributed by atoms with Crippen LogP contribution in [0.1, 0.15) is 26.2 Å². The first-order valence-electron chi connectivity index (χ1n) is 6.17.